The van der Waals surface area contributed by atoms with Crippen molar-refractivity contribution in [1.29, 1.82) is 0 Å². The lowest BCUT2D eigenvalue weighted by Crippen LogP contribution is -2.37. The zero-order valence-electron chi connectivity index (χ0n) is 15.1. The first-order valence-electron chi connectivity index (χ1n) is 8.29. The van der Waals surface area contributed by atoms with Gasteiger partial charge < -0.3 is 14.3 Å². The summed E-state index contributed by atoms with van der Waals surface area (Å²) in [6, 6.07) is 12.8. The van der Waals surface area contributed by atoms with Gasteiger partial charge in [0, 0.05) is 10.9 Å². The maximum Gasteiger partial charge on any atom is 0.347 e. The molecule has 0 saturated carbocycles. The Morgan fingerprint density at radius 1 is 1.04 bits per heavy atom. The second-order valence-electron chi connectivity index (χ2n) is 6.76. The molecule has 3 aromatic rings. The number of carboxylic acids is 1. The topological polar surface area (TPSA) is 93.8 Å². The van der Waals surface area contributed by atoms with Crippen molar-refractivity contribution in [2.45, 2.75) is 26.4 Å². The number of ether oxygens (including phenoxy) is 1. The van der Waals surface area contributed by atoms with Crippen LogP contribution in [0.2, 0.25) is 0 Å². The smallest absolute Gasteiger partial charge is 0.347 e. The Kier molecular flexibility index (Phi) is 4.57. The minimum atomic E-state index is -1.40. The van der Waals surface area contributed by atoms with Crippen LogP contribution in [-0.2, 0) is 4.79 Å². The highest BCUT2D eigenvalue weighted by Crippen LogP contribution is 2.21. The molecule has 1 aromatic heterocycles. The molecule has 0 fully saturated rings. The summed E-state index contributed by atoms with van der Waals surface area (Å²) in [5.74, 6) is -1.27. The van der Waals surface area contributed by atoms with Crippen LogP contribution < -0.4 is 10.4 Å². The van der Waals surface area contributed by atoms with E-state index in [9.17, 15) is 14.4 Å². The van der Waals surface area contributed by atoms with Gasteiger partial charge in [0.25, 0.3) is 0 Å². The van der Waals surface area contributed by atoms with Gasteiger partial charge in [-0.1, -0.05) is 11.6 Å². The summed E-state index contributed by atoms with van der Waals surface area (Å²) in [5, 5.41) is 9.77. The highest BCUT2D eigenvalue weighted by Gasteiger charge is 2.29. The van der Waals surface area contributed by atoms with Crippen molar-refractivity contribution < 1.29 is 23.8 Å². The number of hydrogen-bond acceptors (Lipinski definition) is 5. The molecule has 0 aliphatic rings. The lowest BCUT2D eigenvalue weighted by Gasteiger charge is -2.21. The van der Waals surface area contributed by atoms with Crippen LogP contribution in [0.3, 0.4) is 0 Å². The predicted octanol–water partition coefficient (Wildman–Crippen LogP) is 3.57. The zero-order chi connectivity index (χ0) is 19.8. The van der Waals surface area contributed by atoms with Crippen LogP contribution in [0.5, 0.6) is 5.75 Å². The van der Waals surface area contributed by atoms with Gasteiger partial charge in [-0.3, -0.25) is 4.79 Å². The van der Waals surface area contributed by atoms with Gasteiger partial charge in [-0.25, -0.2) is 9.59 Å². The van der Waals surface area contributed by atoms with Crippen LogP contribution in [0.1, 0.15) is 35.3 Å². The van der Waals surface area contributed by atoms with E-state index in [0.717, 1.165) is 5.56 Å². The van der Waals surface area contributed by atoms with Crippen LogP contribution in [0.25, 0.3) is 11.0 Å². The Hall–Kier alpha value is -3.41. The van der Waals surface area contributed by atoms with Crippen molar-refractivity contribution in [3.63, 3.8) is 0 Å². The highest BCUT2D eigenvalue weighted by molar-refractivity contribution is 6.09. The molecule has 0 amide bonds. The Morgan fingerprint density at radius 2 is 1.70 bits per heavy atom. The van der Waals surface area contributed by atoms with Crippen LogP contribution in [0.4, 0.5) is 0 Å². The van der Waals surface area contributed by atoms with Gasteiger partial charge in [0.2, 0.25) is 0 Å². The average molecular weight is 366 g/mol. The van der Waals surface area contributed by atoms with Crippen molar-refractivity contribution >= 4 is 22.7 Å². The summed E-state index contributed by atoms with van der Waals surface area (Å²) in [7, 11) is 0. The molecule has 1 heterocycles. The summed E-state index contributed by atoms with van der Waals surface area (Å²) in [6.07, 6.45) is 0. The number of rotatable bonds is 5. The first kappa shape index (κ1) is 18.4. The van der Waals surface area contributed by atoms with Crippen molar-refractivity contribution in [2.24, 2.45) is 0 Å². The SMILES string of the molecule is Cc1ccc2oc(=O)c(C(=O)c3ccc(OC(C)(C)C(=O)O)cc3)cc2c1. The van der Waals surface area contributed by atoms with Crippen molar-refractivity contribution in [2.75, 3.05) is 0 Å². The van der Waals surface area contributed by atoms with E-state index in [0.29, 0.717) is 16.7 Å². The Labute approximate surface area is 155 Å². The maximum atomic E-state index is 12.7. The van der Waals surface area contributed by atoms with Crippen LogP contribution >= 0.6 is 0 Å². The number of hydrogen-bond donors (Lipinski definition) is 1. The summed E-state index contributed by atoms with van der Waals surface area (Å²) in [6.45, 7) is 4.76. The van der Waals surface area contributed by atoms with E-state index < -0.39 is 23.0 Å². The first-order chi connectivity index (χ1) is 12.7. The van der Waals surface area contributed by atoms with Gasteiger partial charge in [0.15, 0.2) is 11.4 Å². The Balaban J connectivity index is 1.92. The van der Waals surface area contributed by atoms with E-state index >= 15 is 0 Å². The third-order valence-corrected chi connectivity index (χ3v) is 4.14. The van der Waals surface area contributed by atoms with E-state index in [1.165, 1.54) is 44.2 Å². The summed E-state index contributed by atoms with van der Waals surface area (Å²) < 4.78 is 10.6. The molecule has 27 heavy (non-hydrogen) atoms. The molecule has 0 aliphatic heterocycles. The van der Waals surface area contributed by atoms with Crippen molar-refractivity contribution in [1.82, 2.24) is 0 Å². The normalized spacial score (nSPS) is 11.4. The molecule has 0 aliphatic carbocycles. The van der Waals surface area contributed by atoms with E-state index in [1.54, 1.807) is 6.07 Å². The molecule has 0 atom stereocenters. The summed E-state index contributed by atoms with van der Waals surface area (Å²) >= 11 is 0. The number of aryl methyl sites for hydroxylation is 1. The molecule has 0 radical (unpaired) electrons. The Morgan fingerprint density at radius 3 is 2.33 bits per heavy atom. The van der Waals surface area contributed by atoms with Crippen molar-refractivity contribution in [3.05, 3.63) is 75.6 Å². The largest absolute Gasteiger partial charge is 0.478 e. The minimum Gasteiger partial charge on any atom is -0.478 e. The number of benzene rings is 2. The third kappa shape index (κ3) is 3.74. The minimum absolute atomic E-state index is 0.0624. The highest BCUT2D eigenvalue weighted by atomic mass is 16.5. The second kappa shape index (κ2) is 6.72. The quantitative estimate of drug-likeness (QED) is 0.548. The monoisotopic (exact) mass is 366 g/mol. The van der Waals surface area contributed by atoms with Gasteiger partial charge in [0.1, 0.15) is 16.9 Å². The number of carboxylic acid groups (broad SMARTS) is 1. The number of carbonyl (C=O) groups excluding carboxylic acids is 1. The van der Waals surface area contributed by atoms with Gasteiger partial charge >= 0.3 is 11.6 Å². The zero-order valence-corrected chi connectivity index (χ0v) is 15.1. The molecule has 0 unspecified atom stereocenters. The molecular formula is C21H18O6. The maximum absolute atomic E-state index is 12.7. The molecule has 0 bridgehead atoms. The number of carbonyl (C=O) groups is 2. The molecule has 1 N–H and O–H groups in total. The molecule has 2 aromatic carbocycles. The molecule has 3 rings (SSSR count). The van der Waals surface area contributed by atoms with E-state index in [1.807, 2.05) is 19.1 Å². The predicted molar refractivity (Wildman–Crippen MR) is 99.4 cm³/mol. The van der Waals surface area contributed by atoms with Gasteiger partial charge in [-0.15, -0.1) is 0 Å². The molecule has 138 valence electrons. The Bertz CT molecular complexity index is 1090. The number of aliphatic carboxylic acids is 1. The molecular weight excluding hydrogens is 348 g/mol. The third-order valence-electron chi connectivity index (χ3n) is 4.14. The van der Waals surface area contributed by atoms with E-state index in [2.05, 4.69) is 0 Å². The molecule has 0 saturated heterocycles. The van der Waals surface area contributed by atoms with E-state index in [-0.39, 0.29) is 11.1 Å². The van der Waals surface area contributed by atoms with Crippen molar-refractivity contribution in [3.8, 4) is 5.75 Å². The van der Waals surface area contributed by atoms with E-state index in [4.69, 9.17) is 14.3 Å². The second-order valence-corrected chi connectivity index (χ2v) is 6.76. The lowest BCUT2D eigenvalue weighted by molar-refractivity contribution is -0.152. The van der Waals surface area contributed by atoms with Gasteiger partial charge in [0.05, 0.1) is 0 Å². The summed E-state index contributed by atoms with van der Waals surface area (Å²) in [4.78, 5) is 36.0. The molecule has 0 spiro atoms. The number of fused-ring (bicyclic) bond motifs is 1. The fourth-order valence-corrected chi connectivity index (χ4v) is 2.57. The lowest BCUT2D eigenvalue weighted by atomic mass is 10.0. The summed E-state index contributed by atoms with van der Waals surface area (Å²) in [5.41, 5.74) is -0.492. The van der Waals surface area contributed by atoms with Crippen LogP contribution in [-0.4, -0.2) is 22.5 Å². The average Bonchev–Trinajstić information content (AvgIpc) is 2.61. The number of ketones is 1. The standard InChI is InChI=1S/C21H18O6/c1-12-4-9-17-14(10-12)11-16(19(23)26-17)18(22)13-5-7-15(8-6-13)27-21(2,3)20(24)25/h4-11H,1-3H3,(H,24,25). The van der Waals surface area contributed by atoms with Crippen LogP contribution in [0, 0.1) is 6.92 Å². The molecule has 6 heteroatoms. The van der Waals surface area contributed by atoms with Gasteiger partial charge in [-0.05, 0) is 63.2 Å². The molecule has 6 nitrogen and oxygen atoms in total. The van der Waals surface area contributed by atoms with Gasteiger partial charge in [-0.2, -0.15) is 0 Å². The van der Waals surface area contributed by atoms with Crippen LogP contribution in [0.15, 0.2) is 57.7 Å². The fraction of sp³-hybridized carbons (Fsp3) is 0.190. The fourth-order valence-electron chi connectivity index (χ4n) is 2.57. The first-order valence-corrected chi connectivity index (χ1v) is 8.29.